The molecular formula is C15H17N3O3. The van der Waals surface area contributed by atoms with Gasteiger partial charge in [-0.3, -0.25) is 15.1 Å². The lowest BCUT2D eigenvalue weighted by Gasteiger charge is -2.21. The first-order chi connectivity index (χ1) is 10.0. The highest BCUT2D eigenvalue weighted by Crippen LogP contribution is 2.25. The Morgan fingerprint density at radius 1 is 1.33 bits per heavy atom. The molecular weight excluding hydrogens is 270 g/mol. The van der Waals surface area contributed by atoms with E-state index in [0.717, 1.165) is 17.1 Å². The summed E-state index contributed by atoms with van der Waals surface area (Å²) in [5, 5.41) is 20.2. The van der Waals surface area contributed by atoms with Crippen LogP contribution in [0.5, 0.6) is 0 Å². The molecule has 0 aliphatic carbocycles. The molecule has 1 N–H and O–H groups in total. The SMILES string of the molecule is Cc1cccc(CN(C)c2ccc([N+](=O)[O-])cc2CO)n1. The summed E-state index contributed by atoms with van der Waals surface area (Å²) >= 11 is 0. The summed E-state index contributed by atoms with van der Waals surface area (Å²) in [5.74, 6) is 0. The Hall–Kier alpha value is -2.47. The van der Waals surface area contributed by atoms with Gasteiger partial charge in [-0.1, -0.05) is 6.07 Å². The normalized spacial score (nSPS) is 10.4. The van der Waals surface area contributed by atoms with Crippen molar-refractivity contribution in [2.45, 2.75) is 20.1 Å². The number of nitro benzene ring substituents is 1. The summed E-state index contributed by atoms with van der Waals surface area (Å²) in [5.41, 5.74) is 3.10. The van der Waals surface area contributed by atoms with Crippen LogP contribution in [-0.4, -0.2) is 22.1 Å². The van der Waals surface area contributed by atoms with Gasteiger partial charge in [-0.2, -0.15) is 0 Å². The highest BCUT2D eigenvalue weighted by Gasteiger charge is 2.13. The number of aryl methyl sites for hydroxylation is 1. The minimum Gasteiger partial charge on any atom is -0.392 e. The molecule has 1 heterocycles. The quantitative estimate of drug-likeness (QED) is 0.675. The van der Waals surface area contributed by atoms with Crippen molar-refractivity contribution in [3.8, 4) is 0 Å². The van der Waals surface area contributed by atoms with Gasteiger partial charge >= 0.3 is 0 Å². The number of anilines is 1. The van der Waals surface area contributed by atoms with Gasteiger partial charge in [0, 0.05) is 36.1 Å². The van der Waals surface area contributed by atoms with E-state index in [0.29, 0.717) is 12.1 Å². The fourth-order valence-electron chi connectivity index (χ4n) is 2.20. The first-order valence-corrected chi connectivity index (χ1v) is 6.53. The van der Waals surface area contributed by atoms with Crippen molar-refractivity contribution in [1.29, 1.82) is 0 Å². The molecule has 2 rings (SSSR count). The smallest absolute Gasteiger partial charge is 0.269 e. The van der Waals surface area contributed by atoms with Gasteiger partial charge < -0.3 is 10.0 Å². The summed E-state index contributed by atoms with van der Waals surface area (Å²) < 4.78 is 0. The molecule has 0 aliphatic heterocycles. The van der Waals surface area contributed by atoms with Gasteiger partial charge in [0.15, 0.2) is 0 Å². The maximum atomic E-state index is 10.8. The van der Waals surface area contributed by atoms with Gasteiger partial charge in [0.1, 0.15) is 0 Å². The van der Waals surface area contributed by atoms with Gasteiger partial charge in [0.25, 0.3) is 5.69 Å². The summed E-state index contributed by atoms with van der Waals surface area (Å²) in [6, 6.07) is 10.3. The van der Waals surface area contributed by atoms with Crippen molar-refractivity contribution in [2.75, 3.05) is 11.9 Å². The van der Waals surface area contributed by atoms with E-state index in [2.05, 4.69) is 4.98 Å². The van der Waals surface area contributed by atoms with E-state index in [1.54, 1.807) is 6.07 Å². The molecule has 0 bridgehead atoms. The average Bonchev–Trinajstić information content (AvgIpc) is 2.46. The molecule has 0 fully saturated rings. The number of rotatable bonds is 5. The Kier molecular flexibility index (Phi) is 4.49. The minimum absolute atomic E-state index is 0.0233. The number of hydrogen-bond acceptors (Lipinski definition) is 5. The minimum atomic E-state index is -0.467. The summed E-state index contributed by atoms with van der Waals surface area (Å²) in [4.78, 5) is 16.7. The third kappa shape index (κ3) is 3.55. The zero-order chi connectivity index (χ0) is 15.4. The largest absolute Gasteiger partial charge is 0.392 e. The van der Waals surface area contributed by atoms with Gasteiger partial charge in [-0.25, -0.2) is 0 Å². The standard InChI is InChI=1S/C15H17N3O3/c1-11-4-3-5-13(16-11)9-17(2)15-7-6-14(18(20)21)8-12(15)10-19/h3-8,19H,9-10H2,1-2H3. The number of hydrogen-bond donors (Lipinski definition) is 1. The number of aliphatic hydroxyl groups excluding tert-OH is 1. The van der Waals surface area contributed by atoms with Crippen molar-refractivity contribution in [2.24, 2.45) is 0 Å². The lowest BCUT2D eigenvalue weighted by atomic mass is 10.1. The molecule has 0 amide bonds. The lowest BCUT2D eigenvalue weighted by molar-refractivity contribution is -0.384. The third-order valence-corrected chi connectivity index (χ3v) is 3.20. The van der Waals surface area contributed by atoms with Crippen LogP contribution in [0.4, 0.5) is 11.4 Å². The Morgan fingerprint density at radius 3 is 2.71 bits per heavy atom. The second kappa shape index (κ2) is 6.32. The fraction of sp³-hybridized carbons (Fsp3) is 0.267. The number of non-ortho nitro benzene ring substituents is 1. The molecule has 2 aromatic rings. The van der Waals surface area contributed by atoms with Crippen molar-refractivity contribution in [1.82, 2.24) is 4.98 Å². The van der Waals surface area contributed by atoms with Crippen LogP contribution in [0.3, 0.4) is 0 Å². The molecule has 0 unspecified atom stereocenters. The highest BCUT2D eigenvalue weighted by atomic mass is 16.6. The van der Waals surface area contributed by atoms with E-state index >= 15 is 0 Å². The van der Waals surface area contributed by atoms with Crippen molar-refractivity contribution in [3.05, 3.63) is 63.5 Å². The maximum Gasteiger partial charge on any atom is 0.269 e. The van der Waals surface area contributed by atoms with Crippen LogP contribution in [0.2, 0.25) is 0 Å². The molecule has 0 radical (unpaired) electrons. The number of pyridine rings is 1. The second-order valence-corrected chi connectivity index (χ2v) is 4.85. The molecule has 0 aliphatic rings. The van der Waals surface area contributed by atoms with Crippen LogP contribution in [0, 0.1) is 17.0 Å². The molecule has 1 aromatic carbocycles. The number of nitro groups is 1. The molecule has 0 atom stereocenters. The van der Waals surface area contributed by atoms with Crippen molar-refractivity contribution >= 4 is 11.4 Å². The summed E-state index contributed by atoms with van der Waals surface area (Å²) in [7, 11) is 1.87. The Morgan fingerprint density at radius 2 is 2.10 bits per heavy atom. The number of benzene rings is 1. The predicted octanol–water partition coefficient (Wildman–Crippen LogP) is 2.43. The van der Waals surface area contributed by atoms with E-state index in [1.807, 2.05) is 37.1 Å². The molecule has 0 spiro atoms. The van der Waals surface area contributed by atoms with Gasteiger partial charge in [0.05, 0.1) is 23.8 Å². The Balaban J connectivity index is 2.26. The molecule has 110 valence electrons. The monoisotopic (exact) mass is 287 g/mol. The number of aliphatic hydroxyl groups is 1. The van der Waals surface area contributed by atoms with E-state index in [9.17, 15) is 15.2 Å². The maximum absolute atomic E-state index is 10.8. The molecule has 6 heteroatoms. The number of aromatic nitrogens is 1. The summed E-state index contributed by atoms with van der Waals surface area (Å²) in [6.45, 7) is 2.24. The van der Waals surface area contributed by atoms with Crippen molar-refractivity contribution < 1.29 is 10.0 Å². The molecule has 0 saturated carbocycles. The van der Waals surface area contributed by atoms with E-state index in [-0.39, 0.29) is 12.3 Å². The highest BCUT2D eigenvalue weighted by molar-refractivity contribution is 5.57. The first kappa shape index (κ1) is 14.9. The van der Waals surface area contributed by atoms with Gasteiger partial charge in [-0.05, 0) is 25.1 Å². The van der Waals surface area contributed by atoms with Crippen LogP contribution in [-0.2, 0) is 13.2 Å². The molecule has 0 saturated heterocycles. The topological polar surface area (TPSA) is 79.5 Å². The third-order valence-electron chi connectivity index (χ3n) is 3.20. The summed E-state index contributed by atoms with van der Waals surface area (Å²) in [6.07, 6.45) is 0. The second-order valence-electron chi connectivity index (χ2n) is 4.85. The average molecular weight is 287 g/mol. The van der Waals surface area contributed by atoms with Gasteiger partial charge in [0.2, 0.25) is 0 Å². The Bertz CT molecular complexity index is 658. The first-order valence-electron chi connectivity index (χ1n) is 6.53. The van der Waals surface area contributed by atoms with Crippen LogP contribution < -0.4 is 4.90 Å². The van der Waals surface area contributed by atoms with Crippen LogP contribution in [0.25, 0.3) is 0 Å². The van der Waals surface area contributed by atoms with Crippen LogP contribution in [0.15, 0.2) is 36.4 Å². The predicted molar refractivity (Wildman–Crippen MR) is 80.1 cm³/mol. The molecule has 1 aromatic heterocycles. The lowest BCUT2D eigenvalue weighted by Crippen LogP contribution is -2.19. The zero-order valence-corrected chi connectivity index (χ0v) is 12.0. The van der Waals surface area contributed by atoms with Crippen LogP contribution in [0.1, 0.15) is 17.0 Å². The van der Waals surface area contributed by atoms with Crippen LogP contribution >= 0.6 is 0 Å². The van der Waals surface area contributed by atoms with E-state index in [1.165, 1.54) is 12.1 Å². The Labute approximate surface area is 122 Å². The molecule has 21 heavy (non-hydrogen) atoms. The van der Waals surface area contributed by atoms with E-state index < -0.39 is 4.92 Å². The van der Waals surface area contributed by atoms with Crippen molar-refractivity contribution in [3.63, 3.8) is 0 Å². The van der Waals surface area contributed by atoms with Gasteiger partial charge in [-0.15, -0.1) is 0 Å². The molecule has 6 nitrogen and oxygen atoms in total. The zero-order valence-electron chi connectivity index (χ0n) is 12.0. The fourth-order valence-corrected chi connectivity index (χ4v) is 2.20. The van der Waals surface area contributed by atoms with E-state index in [4.69, 9.17) is 0 Å². The number of nitrogens with zero attached hydrogens (tertiary/aromatic N) is 3.